The molecule has 4 amide bonds. The summed E-state index contributed by atoms with van der Waals surface area (Å²) < 4.78 is 10.6. The second-order valence-corrected chi connectivity index (χ2v) is 7.10. The van der Waals surface area contributed by atoms with Gasteiger partial charge in [0, 0.05) is 12.5 Å². The molecule has 2 aliphatic heterocycles. The summed E-state index contributed by atoms with van der Waals surface area (Å²) in [4.78, 5) is 38.3. The van der Waals surface area contributed by atoms with Crippen molar-refractivity contribution in [2.75, 3.05) is 13.3 Å². The van der Waals surface area contributed by atoms with Gasteiger partial charge in [-0.25, -0.2) is 4.79 Å². The maximum absolute atomic E-state index is 12.8. The molecule has 1 aromatic carbocycles. The predicted molar refractivity (Wildman–Crippen MR) is 97.4 cm³/mol. The molecule has 2 aliphatic rings. The van der Waals surface area contributed by atoms with Crippen LogP contribution in [0.1, 0.15) is 39.2 Å². The van der Waals surface area contributed by atoms with Crippen molar-refractivity contribution in [2.45, 2.75) is 51.6 Å². The van der Waals surface area contributed by atoms with Crippen LogP contribution in [0.15, 0.2) is 18.2 Å². The van der Waals surface area contributed by atoms with Crippen molar-refractivity contribution in [1.29, 1.82) is 0 Å². The molecular formula is C19H25N3O5. The predicted octanol–water partition coefficient (Wildman–Crippen LogP) is 1.57. The highest BCUT2D eigenvalue weighted by Gasteiger charge is 2.48. The Kier molecular flexibility index (Phi) is 5.25. The van der Waals surface area contributed by atoms with E-state index in [0.29, 0.717) is 17.9 Å². The molecule has 8 nitrogen and oxygen atoms in total. The lowest BCUT2D eigenvalue weighted by atomic mass is 9.92. The second kappa shape index (κ2) is 7.46. The molecule has 0 aliphatic carbocycles. The van der Waals surface area contributed by atoms with E-state index in [1.54, 1.807) is 19.1 Å². The Balaban J connectivity index is 1.68. The van der Waals surface area contributed by atoms with Crippen LogP contribution in [0.5, 0.6) is 11.5 Å². The van der Waals surface area contributed by atoms with Gasteiger partial charge >= 0.3 is 6.03 Å². The number of carbonyl (C=O) groups excluding carboxylic acids is 3. The third-order valence-corrected chi connectivity index (χ3v) is 4.99. The van der Waals surface area contributed by atoms with E-state index in [1.807, 2.05) is 19.9 Å². The fourth-order valence-electron chi connectivity index (χ4n) is 3.38. The van der Waals surface area contributed by atoms with E-state index in [9.17, 15) is 14.4 Å². The first-order valence-electron chi connectivity index (χ1n) is 9.18. The number of carbonyl (C=O) groups is 3. The van der Waals surface area contributed by atoms with Gasteiger partial charge in [0.25, 0.3) is 5.91 Å². The summed E-state index contributed by atoms with van der Waals surface area (Å²) in [5.74, 6) is 0.532. The van der Waals surface area contributed by atoms with Gasteiger partial charge in [-0.2, -0.15) is 0 Å². The van der Waals surface area contributed by atoms with Crippen LogP contribution in [0.2, 0.25) is 0 Å². The maximum atomic E-state index is 12.8. The number of rotatable bonds is 7. The summed E-state index contributed by atoms with van der Waals surface area (Å²) in [6.45, 7) is 5.51. The third kappa shape index (κ3) is 3.84. The number of ether oxygens (including phenoxy) is 2. The zero-order valence-corrected chi connectivity index (χ0v) is 15.8. The maximum Gasteiger partial charge on any atom is 0.325 e. The largest absolute Gasteiger partial charge is 0.454 e. The minimum absolute atomic E-state index is 0.0401. The minimum Gasteiger partial charge on any atom is -0.454 e. The lowest BCUT2D eigenvalue weighted by Crippen LogP contribution is -2.47. The van der Waals surface area contributed by atoms with Gasteiger partial charge < -0.3 is 20.1 Å². The quantitative estimate of drug-likeness (QED) is 0.705. The van der Waals surface area contributed by atoms with Crippen LogP contribution in [0.25, 0.3) is 0 Å². The van der Waals surface area contributed by atoms with Crippen LogP contribution in [0.4, 0.5) is 4.79 Å². The topological polar surface area (TPSA) is 97.0 Å². The van der Waals surface area contributed by atoms with E-state index >= 15 is 0 Å². The highest BCUT2D eigenvalue weighted by atomic mass is 16.7. The van der Waals surface area contributed by atoms with Crippen LogP contribution < -0.4 is 20.1 Å². The van der Waals surface area contributed by atoms with Crippen LogP contribution in [0.3, 0.4) is 0 Å². The van der Waals surface area contributed by atoms with Crippen molar-refractivity contribution in [2.24, 2.45) is 0 Å². The molecule has 8 heteroatoms. The Labute approximate surface area is 158 Å². The fourth-order valence-corrected chi connectivity index (χ4v) is 3.38. The van der Waals surface area contributed by atoms with E-state index < -0.39 is 17.5 Å². The molecule has 0 radical (unpaired) electrons. The molecule has 27 heavy (non-hydrogen) atoms. The van der Waals surface area contributed by atoms with Crippen molar-refractivity contribution in [3.8, 4) is 11.5 Å². The molecule has 2 heterocycles. The summed E-state index contributed by atoms with van der Waals surface area (Å²) in [7, 11) is 0. The Hall–Kier alpha value is -2.77. The smallest absolute Gasteiger partial charge is 0.325 e. The van der Waals surface area contributed by atoms with Crippen molar-refractivity contribution in [3.05, 3.63) is 23.8 Å². The van der Waals surface area contributed by atoms with Gasteiger partial charge in [0.1, 0.15) is 12.1 Å². The number of urea groups is 1. The molecule has 1 saturated heterocycles. The van der Waals surface area contributed by atoms with Crippen molar-refractivity contribution in [3.63, 3.8) is 0 Å². The third-order valence-electron chi connectivity index (χ3n) is 4.99. The first-order chi connectivity index (χ1) is 12.9. The van der Waals surface area contributed by atoms with Gasteiger partial charge in [-0.15, -0.1) is 0 Å². The molecule has 2 N–H and O–H groups in total. The van der Waals surface area contributed by atoms with E-state index in [4.69, 9.17) is 9.47 Å². The Morgan fingerprint density at radius 2 is 1.96 bits per heavy atom. The van der Waals surface area contributed by atoms with Crippen molar-refractivity contribution >= 4 is 17.8 Å². The molecule has 1 fully saturated rings. The van der Waals surface area contributed by atoms with Gasteiger partial charge in [0.2, 0.25) is 12.7 Å². The summed E-state index contributed by atoms with van der Waals surface area (Å²) in [5.41, 5.74) is -0.279. The molecule has 0 bridgehead atoms. The van der Waals surface area contributed by atoms with E-state index in [2.05, 4.69) is 10.6 Å². The Bertz CT molecular complexity index is 762. The summed E-state index contributed by atoms with van der Waals surface area (Å²) >= 11 is 0. The van der Waals surface area contributed by atoms with Gasteiger partial charge in [0.15, 0.2) is 11.5 Å². The normalized spacial score (nSPS) is 21.0. The SMILES string of the molecule is CCC(CC)NC(=O)CN1C(=O)N[C@@](C)(Cc2ccc3c(c2)OCO3)C1=O. The highest BCUT2D eigenvalue weighted by Crippen LogP contribution is 2.34. The number of fused-ring (bicyclic) bond motifs is 1. The van der Waals surface area contributed by atoms with Gasteiger partial charge in [-0.05, 0) is 37.5 Å². The lowest BCUT2D eigenvalue weighted by molar-refractivity contribution is -0.134. The van der Waals surface area contributed by atoms with E-state index in [-0.39, 0.29) is 25.3 Å². The average molecular weight is 375 g/mol. The van der Waals surface area contributed by atoms with Gasteiger partial charge in [0.05, 0.1) is 0 Å². The van der Waals surface area contributed by atoms with E-state index in [1.165, 1.54) is 0 Å². The Morgan fingerprint density at radius 1 is 1.26 bits per heavy atom. The minimum atomic E-state index is -1.11. The van der Waals surface area contributed by atoms with Crippen molar-refractivity contribution in [1.82, 2.24) is 15.5 Å². The zero-order chi connectivity index (χ0) is 19.6. The number of nitrogens with zero attached hydrogens (tertiary/aromatic N) is 1. The first kappa shape index (κ1) is 19.0. The number of imide groups is 1. The molecule has 146 valence electrons. The second-order valence-electron chi connectivity index (χ2n) is 7.10. The van der Waals surface area contributed by atoms with Gasteiger partial charge in [-0.1, -0.05) is 19.9 Å². The summed E-state index contributed by atoms with van der Waals surface area (Å²) in [6, 6.07) is 4.90. The van der Waals surface area contributed by atoms with Gasteiger partial charge in [-0.3, -0.25) is 14.5 Å². The number of hydrogen-bond donors (Lipinski definition) is 2. The van der Waals surface area contributed by atoms with Crippen LogP contribution in [-0.4, -0.2) is 47.7 Å². The molecule has 0 saturated carbocycles. The Morgan fingerprint density at radius 3 is 2.67 bits per heavy atom. The molecule has 0 spiro atoms. The number of benzene rings is 1. The summed E-state index contributed by atoms with van der Waals surface area (Å²) in [6.07, 6.45) is 1.88. The molecule has 0 unspecified atom stereocenters. The highest BCUT2D eigenvalue weighted by molar-refractivity contribution is 6.09. The molecular weight excluding hydrogens is 350 g/mol. The van der Waals surface area contributed by atoms with Crippen LogP contribution in [0, 0.1) is 0 Å². The monoisotopic (exact) mass is 375 g/mol. The molecule has 3 rings (SSSR count). The van der Waals surface area contributed by atoms with Crippen LogP contribution >= 0.6 is 0 Å². The standard InChI is InChI=1S/C19H25N3O5/c1-4-13(5-2)20-16(23)10-22-17(24)19(3,21-18(22)25)9-12-6-7-14-15(8-12)27-11-26-14/h6-8,13H,4-5,9-11H2,1-3H3,(H,20,23)(H,21,25)/t19-/m0/s1. The first-order valence-corrected chi connectivity index (χ1v) is 9.18. The zero-order valence-electron chi connectivity index (χ0n) is 15.8. The number of nitrogens with one attached hydrogen (secondary N) is 2. The molecule has 0 aromatic heterocycles. The fraction of sp³-hybridized carbons (Fsp3) is 0.526. The van der Waals surface area contributed by atoms with Crippen LogP contribution in [-0.2, 0) is 16.0 Å². The summed E-state index contributed by atoms with van der Waals surface area (Å²) in [5, 5.41) is 5.56. The number of amides is 4. The average Bonchev–Trinajstić information content (AvgIpc) is 3.17. The molecule has 1 aromatic rings. The van der Waals surface area contributed by atoms with E-state index in [0.717, 1.165) is 23.3 Å². The number of hydrogen-bond acceptors (Lipinski definition) is 5. The van der Waals surface area contributed by atoms with Crippen molar-refractivity contribution < 1.29 is 23.9 Å². The molecule has 1 atom stereocenters. The lowest BCUT2D eigenvalue weighted by Gasteiger charge is -2.22.